The lowest BCUT2D eigenvalue weighted by Gasteiger charge is -1.98. The van der Waals surface area contributed by atoms with Crippen molar-refractivity contribution in [2.24, 2.45) is 0 Å². The first-order chi connectivity index (χ1) is 7.20. The topological polar surface area (TPSA) is 65.9 Å². The summed E-state index contributed by atoms with van der Waals surface area (Å²) in [5.74, 6) is 0. The number of diazo groups is 1. The van der Waals surface area contributed by atoms with Gasteiger partial charge in [-0.15, -0.1) is 0 Å². The zero-order valence-corrected chi connectivity index (χ0v) is 9.27. The van der Waals surface area contributed by atoms with E-state index in [-0.39, 0.29) is 18.0 Å². The van der Waals surface area contributed by atoms with E-state index < -0.39 is 0 Å². The molecule has 0 saturated carbocycles. The lowest BCUT2D eigenvalue weighted by Crippen LogP contribution is -3.00. The molecule has 0 amide bonds. The number of halogens is 1. The normalized spacial score (nSPS) is 9.25. The maximum absolute atomic E-state index is 11.5. The van der Waals surface area contributed by atoms with Gasteiger partial charge in [0.05, 0.1) is 5.69 Å². The number of benzene rings is 1. The number of hydrogen-bond donors (Lipinski definition) is 1. The third-order valence-electron chi connectivity index (χ3n) is 2.07. The van der Waals surface area contributed by atoms with Gasteiger partial charge < -0.3 is 12.4 Å². The molecule has 0 saturated heterocycles. The van der Waals surface area contributed by atoms with E-state index >= 15 is 0 Å². The predicted octanol–water partition coefficient (Wildman–Crippen LogP) is -1.04. The summed E-state index contributed by atoms with van der Waals surface area (Å²) in [6.45, 7) is 1.81. The molecule has 1 N–H and O–H groups in total. The number of rotatable bonds is 1. The lowest BCUT2D eigenvalue weighted by molar-refractivity contribution is -0.00000347. The van der Waals surface area contributed by atoms with Gasteiger partial charge >= 0.3 is 5.69 Å². The number of H-pyrrole nitrogens is 1. The second-order valence-electron chi connectivity index (χ2n) is 3.23. The van der Waals surface area contributed by atoms with E-state index in [2.05, 4.69) is 10.1 Å². The third-order valence-corrected chi connectivity index (χ3v) is 2.07. The van der Waals surface area contributed by atoms with E-state index in [1.807, 2.05) is 6.92 Å². The molecule has 0 radical (unpaired) electrons. The van der Waals surface area contributed by atoms with Crippen molar-refractivity contribution in [3.05, 3.63) is 51.4 Å². The van der Waals surface area contributed by atoms with Gasteiger partial charge in [0.25, 0.3) is 5.56 Å². The van der Waals surface area contributed by atoms with Crippen molar-refractivity contribution in [1.29, 1.82) is 5.39 Å². The highest BCUT2D eigenvalue weighted by molar-refractivity contribution is 5.48. The van der Waals surface area contributed by atoms with Crippen molar-refractivity contribution in [2.75, 3.05) is 0 Å². The molecule has 16 heavy (non-hydrogen) atoms. The minimum atomic E-state index is -0.110. The van der Waals surface area contributed by atoms with Crippen LogP contribution in [0, 0.1) is 12.3 Å². The highest BCUT2D eigenvalue weighted by atomic mass is 35.5. The van der Waals surface area contributed by atoms with Crippen LogP contribution in [0.25, 0.3) is 10.7 Å². The number of aromatic nitrogens is 2. The Labute approximate surface area is 97.7 Å². The van der Waals surface area contributed by atoms with Gasteiger partial charge in [0.1, 0.15) is 0 Å². The Kier molecular flexibility index (Phi) is 3.48. The van der Waals surface area contributed by atoms with Crippen LogP contribution in [0.4, 0.5) is 5.69 Å². The summed E-state index contributed by atoms with van der Waals surface area (Å²) < 4.78 is 1.43. The van der Waals surface area contributed by atoms with Gasteiger partial charge in [0.2, 0.25) is 5.39 Å². The molecular formula is C10H9ClN4O. The van der Waals surface area contributed by atoms with Crippen molar-refractivity contribution in [3.63, 3.8) is 0 Å². The second-order valence-corrected chi connectivity index (χ2v) is 3.23. The molecule has 0 bridgehead atoms. The van der Waals surface area contributed by atoms with Crippen LogP contribution in [0.1, 0.15) is 5.69 Å². The maximum Gasteiger partial charge on any atom is 0.385 e. The van der Waals surface area contributed by atoms with Gasteiger partial charge in [-0.05, 0) is 19.1 Å². The summed E-state index contributed by atoms with van der Waals surface area (Å²) in [7, 11) is 0. The summed E-state index contributed by atoms with van der Waals surface area (Å²) in [4.78, 5) is 14.5. The average molecular weight is 237 g/mol. The van der Waals surface area contributed by atoms with E-state index in [1.54, 1.807) is 24.3 Å². The van der Waals surface area contributed by atoms with E-state index in [1.165, 1.54) is 10.7 Å². The number of nitrogens with zero attached hydrogens (tertiary/aromatic N) is 3. The van der Waals surface area contributed by atoms with Crippen LogP contribution in [0.3, 0.4) is 0 Å². The molecule has 1 aromatic heterocycles. The quantitative estimate of drug-likeness (QED) is 0.643. The molecule has 0 atom stereocenters. The fraction of sp³-hybridized carbons (Fsp3) is 0.100. The SMILES string of the molecule is Cc1cc(=O)n(-c2ccc([N+]#N)cc2)[nH]1.[Cl-]. The van der Waals surface area contributed by atoms with Crippen LogP contribution >= 0.6 is 0 Å². The highest BCUT2D eigenvalue weighted by Gasteiger charge is 2.06. The molecule has 0 spiro atoms. The van der Waals surface area contributed by atoms with Gasteiger partial charge in [-0.1, -0.05) is 0 Å². The molecule has 0 aliphatic carbocycles. The molecule has 1 heterocycles. The van der Waals surface area contributed by atoms with Crippen molar-refractivity contribution < 1.29 is 12.4 Å². The van der Waals surface area contributed by atoms with Gasteiger partial charge in [-0.2, -0.15) is 0 Å². The summed E-state index contributed by atoms with van der Waals surface area (Å²) in [6, 6.07) is 8.17. The van der Waals surface area contributed by atoms with Crippen LogP contribution in [0.15, 0.2) is 35.1 Å². The van der Waals surface area contributed by atoms with Gasteiger partial charge in [0, 0.05) is 23.9 Å². The summed E-state index contributed by atoms with van der Waals surface area (Å²) in [5, 5.41) is 11.4. The molecule has 0 aliphatic heterocycles. The molecule has 6 heteroatoms. The van der Waals surface area contributed by atoms with Crippen LogP contribution in [-0.4, -0.2) is 9.78 Å². The van der Waals surface area contributed by atoms with Crippen LogP contribution in [-0.2, 0) is 0 Å². The predicted molar refractivity (Wildman–Crippen MR) is 55.9 cm³/mol. The fourth-order valence-corrected chi connectivity index (χ4v) is 1.37. The average Bonchev–Trinajstić information content (AvgIpc) is 2.58. The Morgan fingerprint density at radius 1 is 1.31 bits per heavy atom. The monoisotopic (exact) mass is 236 g/mol. The largest absolute Gasteiger partial charge is 1.00 e. The molecule has 2 rings (SSSR count). The summed E-state index contributed by atoms with van der Waals surface area (Å²) >= 11 is 0. The van der Waals surface area contributed by atoms with Crippen molar-refractivity contribution >= 4 is 5.69 Å². The van der Waals surface area contributed by atoms with E-state index in [0.29, 0.717) is 11.4 Å². The van der Waals surface area contributed by atoms with E-state index in [4.69, 9.17) is 5.39 Å². The zero-order chi connectivity index (χ0) is 10.8. The van der Waals surface area contributed by atoms with Crippen molar-refractivity contribution in [1.82, 2.24) is 9.78 Å². The Morgan fingerprint density at radius 3 is 2.38 bits per heavy atom. The fourth-order valence-electron chi connectivity index (χ4n) is 1.37. The number of hydrogen-bond acceptors (Lipinski definition) is 2. The van der Waals surface area contributed by atoms with Crippen LogP contribution in [0.5, 0.6) is 0 Å². The molecule has 0 aliphatic rings. The molecule has 2 aromatic rings. The molecule has 5 nitrogen and oxygen atoms in total. The minimum absolute atomic E-state index is 0. The zero-order valence-electron chi connectivity index (χ0n) is 8.51. The Morgan fingerprint density at radius 2 is 1.94 bits per heavy atom. The Bertz CT molecular complexity index is 576. The van der Waals surface area contributed by atoms with Crippen LogP contribution < -0.4 is 18.0 Å². The lowest BCUT2D eigenvalue weighted by atomic mass is 10.3. The summed E-state index contributed by atoms with van der Waals surface area (Å²) in [6.07, 6.45) is 0. The van der Waals surface area contributed by atoms with Crippen molar-refractivity contribution in [2.45, 2.75) is 6.92 Å². The Hall–Kier alpha value is -2.06. The number of nitrogens with one attached hydrogen (secondary N) is 1. The number of aryl methyl sites for hydroxylation is 1. The molecule has 0 unspecified atom stereocenters. The highest BCUT2D eigenvalue weighted by Crippen LogP contribution is 2.13. The maximum atomic E-state index is 11.5. The van der Waals surface area contributed by atoms with Gasteiger partial charge in [0.15, 0.2) is 4.98 Å². The standard InChI is InChI=1S/C10H8N4O.ClH/c1-7-6-10(15)14(13-7)9-4-2-8(12-11)3-5-9;/h2-6H,1H3;1H. The first-order valence-electron chi connectivity index (χ1n) is 4.45. The van der Waals surface area contributed by atoms with E-state index in [0.717, 1.165) is 5.69 Å². The number of aromatic amines is 1. The molecular weight excluding hydrogens is 228 g/mol. The summed E-state index contributed by atoms with van der Waals surface area (Å²) in [5.41, 5.74) is 1.85. The molecule has 1 aromatic carbocycles. The van der Waals surface area contributed by atoms with Gasteiger partial charge in [-0.3, -0.25) is 9.89 Å². The smallest absolute Gasteiger partial charge is 0.385 e. The van der Waals surface area contributed by atoms with Crippen molar-refractivity contribution in [3.8, 4) is 5.69 Å². The first kappa shape index (κ1) is 12.0. The van der Waals surface area contributed by atoms with Crippen LogP contribution in [0.2, 0.25) is 0 Å². The first-order valence-corrected chi connectivity index (χ1v) is 4.45. The molecule has 82 valence electrons. The molecule has 0 fully saturated rings. The second kappa shape index (κ2) is 4.64. The Balaban J connectivity index is 0.00000128. The van der Waals surface area contributed by atoms with E-state index in [9.17, 15) is 4.79 Å². The minimum Gasteiger partial charge on any atom is -1.00 e. The van der Waals surface area contributed by atoms with Gasteiger partial charge in [-0.25, -0.2) is 4.68 Å². The third kappa shape index (κ3) is 2.12.